The number of aliphatic hydroxyl groups is 1. The summed E-state index contributed by atoms with van der Waals surface area (Å²) in [5.41, 5.74) is 0.970. The molecule has 1 aliphatic heterocycles. The van der Waals surface area contributed by atoms with Crippen molar-refractivity contribution in [3.63, 3.8) is 0 Å². The minimum Gasteiger partial charge on any atom is -0.493 e. The van der Waals surface area contributed by atoms with Crippen molar-refractivity contribution in [2.24, 2.45) is 5.92 Å². The Labute approximate surface area is 159 Å². The number of nitrogens with zero attached hydrogens (tertiary/aromatic N) is 1. The third kappa shape index (κ3) is 5.47. The van der Waals surface area contributed by atoms with Crippen LogP contribution in [0.1, 0.15) is 32.8 Å². The van der Waals surface area contributed by atoms with E-state index in [4.69, 9.17) is 9.47 Å². The molecule has 0 aromatic heterocycles. The summed E-state index contributed by atoms with van der Waals surface area (Å²) in [5, 5.41) is 12.9. The molecular formula is C20H28N2O5. The van der Waals surface area contributed by atoms with Crippen LogP contribution in [0.5, 0.6) is 11.5 Å². The second-order valence-corrected chi connectivity index (χ2v) is 6.96. The van der Waals surface area contributed by atoms with Gasteiger partial charge in [-0.25, -0.2) is 4.79 Å². The minimum atomic E-state index is -1.00. The minimum absolute atomic E-state index is 0.0643. The molecule has 7 nitrogen and oxygen atoms in total. The molecule has 1 fully saturated rings. The van der Waals surface area contributed by atoms with Crippen molar-refractivity contribution in [3.8, 4) is 11.5 Å². The number of carbonyl (C=O) groups is 2. The predicted octanol–water partition coefficient (Wildman–Crippen LogP) is 2.43. The zero-order valence-corrected chi connectivity index (χ0v) is 16.3. The Morgan fingerprint density at radius 2 is 2.04 bits per heavy atom. The largest absolute Gasteiger partial charge is 0.493 e. The van der Waals surface area contributed by atoms with Gasteiger partial charge in [-0.3, -0.25) is 9.69 Å². The normalized spacial score (nSPS) is 18.3. The van der Waals surface area contributed by atoms with Gasteiger partial charge in [-0.2, -0.15) is 0 Å². The Morgan fingerprint density at radius 1 is 1.30 bits per heavy atom. The molecule has 148 valence electrons. The molecule has 1 saturated heterocycles. The van der Waals surface area contributed by atoms with Gasteiger partial charge in [0.1, 0.15) is 18.8 Å². The Bertz CT molecular complexity index is 702. The molecular weight excluding hydrogens is 348 g/mol. The Morgan fingerprint density at radius 3 is 2.67 bits per heavy atom. The maximum Gasteiger partial charge on any atom is 0.324 e. The number of aliphatic hydroxyl groups excluding tert-OH is 1. The van der Waals surface area contributed by atoms with Crippen molar-refractivity contribution in [2.75, 3.05) is 20.3 Å². The third-order valence-corrected chi connectivity index (χ3v) is 4.19. The van der Waals surface area contributed by atoms with Gasteiger partial charge in [0.15, 0.2) is 11.5 Å². The first-order valence-corrected chi connectivity index (χ1v) is 9.09. The first-order chi connectivity index (χ1) is 12.8. The van der Waals surface area contributed by atoms with Crippen LogP contribution in [-0.4, -0.2) is 54.4 Å². The van der Waals surface area contributed by atoms with Crippen LogP contribution in [0.15, 0.2) is 24.3 Å². The number of urea groups is 1. The number of carbonyl (C=O) groups excluding carboxylic acids is 2. The second kappa shape index (κ2) is 9.41. The molecule has 0 saturated carbocycles. The molecule has 2 rings (SSSR count). The number of β-amino-alcohol motifs (C(OH)–C–C–N with tert-alkyl or cyclic N) is 1. The number of benzene rings is 1. The van der Waals surface area contributed by atoms with Crippen LogP contribution in [0.4, 0.5) is 4.79 Å². The van der Waals surface area contributed by atoms with E-state index in [1.165, 1.54) is 0 Å². The van der Waals surface area contributed by atoms with E-state index < -0.39 is 18.2 Å². The summed E-state index contributed by atoms with van der Waals surface area (Å²) < 4.78 is 10.9. The molecule has 1 aromatic carbocycles. The fourth-order valence-electron chi connectivity index (χ4n) is 2.93. The van der Waals surface area contributed by atoms with E-state index in [0.717, 1.165) is 10.5 Å². The summed E-state index contributed by atoms with van der Waals surface area (Å²) in [4.78, 5) is 25.4. The Kier molecular flexibility index (Phi) is 7.24. The highest BCUT2D eigenvalue weighted by molar-refractivity contribution is 6.04. The molecule has 0 radical (unpaired) electrons. The molecule has 0 unspecified atom stereocenters. The molecule has 0 bridgehead atoms. The molecule has 1 aliphatic rings. The maximum absolute atomic E-state index is 12.3. The topological polar surface area (TPSA) is 88.1 Å². The molecule has 0 spiro atoms. The lowest BCUT2D eigenvalue weighted by molar-refractivity contribution is -0.128. The number of imide groups is 1. The zero-order chi connectivity index (χ0) is 20.0. The van der Waals surface area contributed by atoms with Crippen LogP contribution >= 0.6 is 0 Å². The molecule has 0 aliphatic carbocycles. The lowest BCUT2D eigenvalue weighted by Gasteiger charge is -2.19. The monoisotopic (exact) mass is 376 g/mol. The highest BCUT2D eigenvalue weighted by atomic mass is 16.5. The molecule has 7 heteroatoms. The molecule has 2 N–H and O–H groups in total. The summed E-state index contributed by atoms with van der Waals surface area (Å²) in [7, 11) is 1.54. The number of ether oxygens (including phenoxy) is 2. The van der Waals surface area contributed by atoms with Crippen LogP contribution in [0.3, 0.4) is 0 Å². The van der Waals surface area contributed by atoms with Gasteiger partial charge >= 0.3 is 6.03 Å². The number of nitrogens with one attached hydrogen (secondary N) is 1. The lowest BCUT2D eigenvalue weighted by atomic mass is 10.0. The average Bonchev–Trinajstić information content (AvgIpc) is 2.87. The quantitative estimate of drug-likeness (QED) is 0.646. The third-order valence-electron chi connectivity index (χ3n) is 4.19. The van der Waals surface area contributed by atoms with Crippen molar-refractivity contribution in [3.05, 3.63) is 29.8 Å². The smallest absolute Gasteiger partial charge is 0.324 e. The summed E-state index contributed by atoms with van der Waals surface area (Å²) in [5.74, 6) is 1.01. The SMILES string of the molecule is C/C=C/c1ccc(OC[C@@H](O)CN2C(=O)N[C@H](CC(C)C)C2=O)c(OC)c1. The van der Waals surface area contributed by atoms with E-state index in [0.29, 0.717) is 17.9 Å². The number of rotatable bonds is 9. The van der Waals surface area contributed by atoms with Crippen LogP contribution in [0.2, 0.25) is 0 Å². The molecule has 1 heterocycles. The van der Waals surface area contributed by atoms with Crippen molar-refractivity contribution in [1.29, 1.82) is 0 Å². The second-order valence-electron chi connectivity index (χ2n) is 6.96. The summed E-state index contributed by atoms with van der Waals surface area (Å²) in [6, 6.07) is 4.46. The lowest BCUT2D eigenvalue weighted by Crippen LogP contribution is -2.40. The van der Waals surface area contributed by atoms with Crippen molar-refractivity contribution < 1.29 is 24.2 Å². The van der Waals surface area contributed by atoms with E-state index in [1.807, 2.05) is 45.1 Å². The maximum atomic E-state index is 12.3. The zero-order valence-electron chi connectivity index (χ0n) is 16.3. The summed E-state index contributed by atoms with van der Waals surface area (Å²) >= 11 is 0. The number of hydrogen-bond donors (Lipinski definition) is 2. The number of hydrogen-bond acceptors (Lipinski definition) is 5. The van der Waals surface area contributed by atoms with Crippen molar-refractivity contribution >= 4 is 18.0 Å². The van der Waals surface area contributed by atoms with Gasteiger partial charge in [-0.15, -0.1) is 0 Å². The predicted molar refractivity (Wildman–Crippen MR) is 103 cm³/mol. The van der Waals surface area contributed by atoms with Crippen molar-refractivity contribution in [1.82, 2.24) is 10.2 Å². The Balaban J connectivity index is 1.93. The van der Waals surface area contributed by atoms with Gasteiger partial charge < -0.3 is 19.9 Å². The Hall–Kier alpha value is -2.54. The highest BCUT2D eigenvalue weighted by Crippen LogP contribution is 2.28. The molecule has 1 aromatic rings. The summed E-state index contributed by atoms with van der Waals surface area (Å²) in [6.07, 6.45) is 3.43. The van der Waals surface area contributed by atoms with E-state index in [1.54, 1.807) is 13.2 Å². The van der Waals surface area contributed by atoms with Gasteiger partial charge in [0.05, 0.1) is 13.7 Å². The fraction of sp³-hybridized carbons (Fsp3) is 0.500. The van der Waals surface area contributed by atoms with E-state index in [2.05, 4.69) is 5.32 Å². The number of methoxy groups -OCH3 is 1. The van der Waals surface area contributed by atoms with Crippen LogP contribution in [0.25, 0.3) is 6.08 Å². The van der Waals surface area contributed by atoms with Crippen LogP contribution in [-0.2, 0) is 4.79 Å². The van der Waals surface area contributed by atoms with Crippen molar-refractivity contribution in [2.45, 2.75) is 39.3 Å². The van der Waals surface area contributed by atoms with E-state index >= 15 is 0 Å². The first kappa shape index (κ1) is 20.8. The fourth-order valence-corrected chi connectivity index (χ4v) is 2.93. The number of amides is 3. The van der Waals surface area contributed by atoms with Gasteiger partial charge in [-0.05, 0) is 37.0 Å². The standard InChI is InChI=1S/C20H28N2O5/c1-5-6-14-7-8-17(18(10-14)26-4)27-12-15(23)11-22-19(24)16(9-13(2)3)21-20(22)25/h5-8,10,13,15-16,23H,9,11-12H2,1-4H3,(H,21,25)/b6-5+/t15-,16+/m0/s1. The number of allylic oxidation sites excluding steroid dienone is 1. The van der Waals surface area contributed by atoms with E-state index in [-0.39, 0.29) is 25.0 Å². The first-order valence-electron chi connectivity index (χ1n) is 9.09. The average molecular weight is 376 g/mol. The molecule has 2 atom stereocenters. The van der Waals surface area contributed by atoms with Gasteiger partial charge in [0.25, 0.3) is 5.91 Å². The highest BCUT2D eigenvalue weighted by Gasteiger charge is 2.38. The van der Waals surface area contributed by atoms with E-state index in [9.17, 15) is 14.7 Å². The van der Waals surface area contributed by atoms with Crippen LogP contribution < -0.4 is 14.8 Å². The molecule has 27 heavy (non-hydrogen) atoms. The summed E-state index contributed by atoms with van der Waals surface area (Å²) in [6.45, 7) is 5.72. The van der Waals surface area contributed by atoms with Gasteiger partial charge in [0.2, 0.25) is 0 Å². The van der Waals surface area contributed by atoms with Crippen LogP contribution in [0, 0.1) is 5.92 Å². The molecule has 3 amide bonds. The van der Waals surface area contributed by atoms with Gasteiger partial charge in [0, 0.05) is 0 Å². The van der Waals surface area contributed by atoms with Gasteiger partial charge in [-0.1, -0.05) is 32.1 Å².